The Balaban J connectivity index is 1.61. The molecule has 1 atom stereocenters. The standard InChI is InChI=1S/C17H18ClN3O/c1-10-15(17(22)19-14-9-11-7-12(14)8-11)16(18)21(20-10)13-5-3-2-4-6-13/h2-6,11-12,14H,7-9H2,1H3,(H,19,22). The first-order chi connectivity index (χ1) is 10.6. The van der Waals surface area contributed by atoms with Crippen LogP contribution in [-0.2, 0) is 0 Å². The average Bonchev–Trinajstić information content (AvgIpc) is 3.11. The van der Waals surface area contributed by atoms with Crippen LogP contribution in [0.4, 0.5) is 0 Å². The molecule has 3 aliphatic carbocycles. The maximum absolute atomic E-state index is 12.6. The van der Waals surface area contributed by atoms with E-state index in [1.54, 1.807) is 4.68 Å². The zero-order valence-electron chi connectivity index (χ0n) is 12.4. The molecule has 2 aromatic rings. The molecule has 114 valence electrons. The second-order valence-electron chi connectivity index (χ2n) is 6.41. The lowest BCUT2D eigenvalue weighted by Gasteiger charge is -2.24. The third kappa shape index (κ3) is 2.13. The maximum Gasteiger partial charge on any atom is 0.256 e. The number of hydrogen-bond acceptors (Lipinski definition) is 2. The SMILES string of the molecule is Cc1nn(-c2ccccc2)c(Cl)c1C(=O)NC1CC2CC1C2. The first kappa shape index (κ1) is 13.8. The number of carbonyl (C=O) groups is 1. The van der Waals surface area contributed by atoms with Crippen molar-refractivity contribution in [2.75, 3.05) is 0 Å². The van der Waals surface area contributed by atoms with Gasteiger partial charge in [-0.3, -0.25) is 4.79 Å². The first-order valence-electron chi connectivity index (χ1n) is 7.75. The highest BCUT2D eigenvalue weighted by molar-refractivity contribution is 6.33. The summed E-state index contributed by atoms with van der Waals surface area (Å²) in [5.41, 5.74) is 2.02. The summed E-state index contributed by atoms with van der Waals surface area (Å²) in [7, 11) is 0. The molecule has 3 aliphatic rings. The van der Waals surface area contributed by atoms with Crippen LogP contribution in [0.1, 0.15) is 35.3 Å². The van der Waals surface area contributed by atoms with E-state index < -0.39 is 0 Å². The smallest absolute Gasteiger partial charge is 0.256 e. The van der Waals surface area contributed by atoms with Crippen molar-refractivity contribution in [1.29, 1.82) is 0 Å². The molecule has 4 nitrogen and oxygen atoms in total. The number of amides is 1. The van der Waals surface area contributed by atoms with Gasteiger partial charge in [0.15, 0.2) is 0 Å². The molecular weight excluding hydrogens is 298 g/mol. The van der Waals surface area contributed by atoms with Crippen molar-refractivity contribution in [2.24, 2.45) is 11.8 Å². The largest absolute Gasteiger partial charge is 0.349 e. The van der Waals surface area contributed by atoms with Crippen molar-refractivity contribution in [1.82, 2.24) is 15.1 Å². The topological polar surface area (TPSA) is 46.9 Å². The van der Waals surface area contributed by atoms with Crippen LogP contribution in [0.2, 0.25) is 5.15 Å². The minimum Gasteiger partial charge on any atom is -0.349 e. The lowest BCUT2D eigenvalue weighted by atomic mass is 9.84. The molecule has 2 bridgehead atoms. The summed E-state index contributed by atoms with van der Waals surface area (Å²) in [5, 5.41) is 7.97. The van der Waals surface area contributed by atoms with Crippen molar-refractivity contribution in [2.45, 2.75) is 32.2 Å². The molecule has 0 spiro atoms. The van der Waals surface area contributed by atoms with Gasteiger partial charge in [-0.1, -0.05) is 29.8 Å². The molecule has 1 N–H and O–H groups in total. The van der Waals surface area contributed by atoms with Gasteiger partial charge in [0.1, 0.15) is 5.15 Å². The molecule has 0 saturated heterocycles. The van der Waals surface area contributed by atoms with E-state index in [0.29, 0.717) is 28.4 Å². The Morgan fingerprint density at radius 3 is 2.64 bits per heavy atom. The molecule has 3 saturated carbocycles. The summed E-state index contributed by atoms with van der Waals surface area (Å²) < 4.78 is 1.63. The molecule has 1 amide bonds. The van der Waals surface area contributed by atoms with Crippen LogP contribution in [0.25, 0.3) is 5.69 Å². The third-order valence-electron chi connectivity index (χ3n) is 4.98. The number of aryl methyl sites for hydroxylation is 1. The monoisotopic (exact) mass is 315 g/mol. The number of para-hydroxylation sites is 1. The molecular formula is C17H18ClN3O. The minimum absolute atomic E-state index is 0.0952. The molecule has 0 radical (unpaired) electrons. The zero-order valence-corrected chi connectivity index (χ0v) is 13.2. The van der Waals surface area contributed by atoms with E-state index in [2.05, 4.69) is 10.4 Å². The van der Waals surface area contributed by atoms with Crippen LogP contribution in [0, 0.1) is 18.8 Å². The molecule has 22 heavy (non-hydrogen) atoms. The Bertz CT molecular complexity index is 719. The molecule has 1 aromatic carbocycles. The molecule has 5 rings (SSSR count). The van der Waals surface area contributed by atoms with Gasteiger partial charge in [0.25, 0.3) is 5.91 Å². The summed E-state index contributed by atoms with van der Waals surface area (Å²) in [6.45, 7) is 1.83. The summed E-state index contributed by atoms with van der Waals surface area (Å²) in [6.07, 6.45) is 3.64. The van der Waals surface area contributed by atoms with Gasteiger partial charge in [0.2, 0.25) is 0 Å². The van der Waals surface area contributed by atoms with Crippen LogP contribution in [-0.4, -0.2) is 21.7 Å². The zero-order chi connectivity index (χ0) is 15.3. The molecule has 5 heteroatoms. The van der Waals surface area contributed by atoms with Gasteiger partial charge >= 0.3 is 0 Å². The number of benzene rings is 1. The van der Waals surface area contributed by atoms with Crippen LogP contribution >= 0.6 is 11.6 Å². The van der Waals surface area contributed by atoms with Crippen molar-refractivity contribution < 1.29 is 4.79 Å². The van der Waals surface area contributed by atoms with Crippen LogP contribution in [0.3, 0.4) is 0 Å². The third-order valence-corrected chi connectivity index (χ3v) is 5.33. The number of fused-ring (bicyclic) bond motifs is 1. The first-order valence-corrected chi connectivity index (χ1v) is 8.12. The number of hydrogen-bond donors (Lipinski definition) is 1. The lowest BCUT2D eigenvalue weighted by molar-refractivity contribution is 0.0928. The number of aromatic nitrogens is 2. The van der Waals surface area contributed by atoms with Gasteiger partial charge < -0.3 is 5.32 Å². The number of carbonyl (C=O) groups excluding carboxylic acids is 1. The highest BCUT2D eigenvalue weighted by Gasteiger charge is 2.45. The van der Waals surface area contributed by atoms with E-state index in [-0.39, 0.29) is 5.91 Å². The van der Waals surface area contributed by atoms with E-state index in [1.807, 2.05) is 37.3 Å². The number of halogens is 1. The van der Waals surface area contributed by atoms with E-state index in [1.165, 1.54) is 12.8 Å². The summed E-state index contributed by atoms with van der Waals surface area (Å²) in [4.78, 5) is 12.6. The van der Waals surface area contributed by atoms with Crippen molar-refractivity contribution >= 4 is 17.5 Å². The summed E-state index contributed by atoms with van der Waals surface area (Å²) >= 11 is 6.43. The van der Waals surface area contributed by atoms with E-state index in [9.17, 15) is 4.79 Å². The van der Waals surface area contributed by atoms with E-state index in [4.69, 9.17) is 11.6 Å². The van der Waals surface area contributed by atoms with Gasteiger partial charge in [-0.15, -0.1) is 0 Å². The Morgan fingerprint density at radius 1 is 1.27 bits per heavy atom. The van der Waals surface area contributed by atoms with Gasteiger partial charge in [0.05, 0.1) is 16.9 Å². The lowest BCUT2D eigenvalue weighted by Crippen LogP contribution is -2.36. The number of rotatable bonds is 3. The number of nitrogens with zero attached hydrogens (tertiary/aromatic N) is 2. The normalized spacial score (nSPS) is 25.8. The fraction of sp³-hybridized carbons (Fsp3) is 0.412. The van der Waals surface area contributed by atoms with Crippen molar-refractivity contribution in [3.05, 3.63) is 46.7 Å². The molecule has 1 heterocycles. The highest BCUT2D eigenvalue weighted by atomic mass is 35.5. The van der Waals surface area contributed by atoms with Gasteiger partial charge in [-0.25, -0.2) is 4.68 Å². The predicted molar refractivity (Wildman–Crippen MR) is 85.4 cm³/mol. The van der Waals surface area contributed by atoms with Gasteiger partial charge in [-0.05, 0) is 50.2 Å². The van der Waals surface area contributed by atoms with Crippen LogP contribution in [0.15, 0.2) is 30.3 Å². The average molecular weight is 316 g/mol. The second-order valence-corrected chi connectivity index (χ2v) is 6.77. The van der Waals surface area contributed by atoms with E-state index >= 15 is 0 Å². The molecule has 3 fully saturated rings. The van der Waals surface area contributed by atoms with Crippen LogP contribution < -0.4 is 5.32 Å². The Kier molecular flexibility index (Phi) is 3.22. The fourth-order valence-electron chi connectivity index (χ4n) is 3.77. The summed E-state index contributed by atoms with van der Waals surface area (Å²) in [6, 6.07) is 9.95. The van der Waals surface area contributed by atoms with Gasteiger partial charge in [0, 0.05) is 6.04 Å². The molecule has 1 unspecified atom stereocenters. The molecule has 1 aromatic heterocycles. The Morgan fingerprint density at radius 2 is 2.00 bits per heavy atom. The Labute approximate surface area is 134 Å². The highest BCUT2D eigenvalue weighted by Crippen LogP contribution is 2.48. The predicted octanol–water partition coefficient (Wildman–Crippen LogP) is 3.36. The fourth-order valence-corrected chi connectivity index (χ4v) is 4.13. The van der Waals surface area contributed by atoms with Gasteiger partial charge in [-0.2, -0.15) is 5.10 Å². The maximum atomic E-state index is 12.6. The quantitative estimate of drug-likeness (QED) is 0.944. The van der Waals surface area contributed by atoms with Crippen molar-refractivity contribution in [3.63, 3.8) is 0 Å². The van der Waals surface area contributed by atoms with Crippen molar-refractivity contribution in [3.8, 4) is 5.69 Å². The molecule has 0 aliphatic heterocycles. The second kappa shape index (κ2) is 5.13. The number of nitrogens with one attached hydrogen (secondary N) is 1. The van der Waals surface area contributed by atoms with E-state index in [0.717, 1.165) is 18.0 Å². The van der Waals surface area contributed by atoms with Crippen LogP contribution in [0.5, 0.6) is 0 Å². The summed E-state index contributed by atoms with van der Waals surface area (Å²) in [5.74, 6) is 1.39. The minimum atomic E-state index is -0.0952. The Hall–Kier alpha value is -1.81.